The van der Waals surface area contributed by atoms with Crippen molar-refractivity contribution in [2.45, 2.75) is 111 Å². The summed E-state index contributed by atoms with van der Waals surface area (Å²) in [5.74, 6) is -0.928. The summed E-state index contributed by atoms with van der Waals surface area (Å²) >= 11 is 0. The lowest BCUT2D eigenvalue weighted by Gasteiger charge is -2.38. The first-order valence-corrected chi connectivity index (χ1v) is 20.6. The average molecular weight is 820 g/mol. The van der Waals surface area contributed by atoms with Gasteiger partial charge >= 0.3 is 12.1 Å². The molecule has 0 bridgehead atoms. The predicted octanol–water partition coefficient (Wildman–Crippen LogP) is 6.30. The zero-order chi connectivity index (χ0) is 43.8. The van der Waals surface area contributed by atoms with Gasteiger partial charge in [-0.3, -0.25) is 19.6 Å². The maximum Gasteiger partial charge on any atom is 0.405 e. The van der Waals surface area contributed by atoms with Crippen LogP contribution in [0.5, 0.6) is 0 Å². The summed E-state index contributed by atoms with van der Waals surface area (Å²) in [7, 11) is 0. The Morgan fingerprint density at radius 2 is 1.35 bits per heavy atom. The number of hydrogen-bond donors (Lipinski definition) is 5. The topological polar surface area (TPSA) is 177 Å². The number of amides is 5. The van der Waals surface area contributed by atoms with Crippen LogP contribution in [0, 0.1) is 24.7 Å². The number of rotatable bonds is 16. The number of carbonyl (C=O) groups excluding carboxylic acids is 3. The lowest BCUT2D eigenvalue weighted by molar-refractivity contribution is -0.130. The minimum atomic E-state index is -1.34. The smallest absolute Gasteiger partial charge is 0.405 e. The van der Waals surface area contributed by atoms with E-state index in [1.54, 1.807) is 30.6 Å². The Morgan fingerprint density at radius 1 is 0.717 bits per heavy atom. The average Bonchev–Trinajstić information content (AvgIpc) is 3.51. The highest BCUT2D eigenvalue weighted by Gasteiger charge is 2.44. The van der Waals surface area contributed by atoms with Crippen molar-refractivity contribution < 1.29 is 29.4 Å². The number of aromatic nitrogens is 2. The number of aliphatic hydroxyl groups excluding tert-OH is 1. The number of pyridine rings is 2. The van der Waals surface area contributed by atoms with Crippen molar-refractivity contribution in [1.29, 1.82) is 0 Å². The van der Waals surface area contributed by atoms with Gasteiger partial charge in [0.05, 0.1) is 30.1 Å². The summed E-state index contributed by atoms with van der Waals surface area (Å²) in [6, 6.07) is 25.2. The van der Waals surface area contributed by atoms with Gasteiger partial charge in [-0.05, 0) is 79.3 Å². The number of carbonyl (C=O) groups is 4. The summed E-state index contributed by atoms with van der Waals surface area (Å²) in [6.45, 7) is 16.0. The standard InChI is InChI=1S/C47H61N7O6/c1-30-14-12-18-35(48-30)29-53-24-25-54(45(53)60)41(47(6,7)8)43(57)50-36(26-32-16-10-9-11-17-32)28-39(55)38(51-42(56)40(46(3,4)5)52-44(58)59)27-33-20-22-34(23-21-33)37-19-13-15-31(2)49-37/h9-23,36,38-41,52,55H,24-29H2,1-8H3,(H,50,57)(H,51,56)(H,58,59)/t36-,38-,39+,40+,41+/m0/s1. The number of carboxylic acid groups (broad SMARTS) is 1. The Kier molecular flexibility index (Phi) is 14.7. The van der Waals surface area contributed by atoms with E-state index in [1.807, 2.05) is 126 Å². The molecule has 2 aromatic carbocycles. The van der Waals surface area contributed by atoms with E-state index in [9.17, 15) is 29.4 Å². The third-order valence-corrected chi connectivity index (χ3v) is 10.8. The van der Waals surface area contributed by atoms with Gasteiger partial charge in [0.15, 0.2) is 0 Å². The van der Waals surface area contributed by atoms with E-state index in [2.05, 4.69) is 25.9 Å². The number of aryl methyl sites for hydroxylation is 2. The lowest BCUT2D eigenvalue weighted by Crippen LogP contribution is -2.59. The molecule has 13 heteroatoms. The lowest BCUT2D eigenvalue weighted by atomic mass is 9.84. The van der Waals surface area contributed by atoms with Crippen LogP contribution in [0.3, 0.4) is 0 Å². The van der Waals surface area contributed by atoms with E-state index in [4.69, 9.17) is 0 Å². The Hall–Kier alpha value is -5.82. The molecule has 1 fully saturated rings. The van der Waals surface area contributed by atoms with Crippen LogP contribution in [0.2, 0.25) is 0 Å². The molecule has 5 atom stereocenters. The van der Waals surface area contributed by atoms with Crippen molar-refractivity contribution in [3.8, 4) is 11.3 Å². The first-order chi connectivity index (χ1) is 28.3. The number of benzene rings is 2. The molecule has 320 valence electrons. The second-order valence-corrected chi connectivity index (χ2v) is 18.1. The van der Waals surface area contributed by atoms with Crippen LogP contribution in [0.15, 0.2) is 91.0 Å². The van der Waals surface area contributed by atoms with Gasteiger partial charge in [-0.15, -0.1) is 0 Å². The molecule has 5 amide bonds. The molecule has 0 radical (unpaired) electrons. The highest BCUT2D eigenvalue weighted by molar-refractivity contribution is 5.89. The Labute approximate surface area is 354 Å². The van der Waals surface area contributed by atoms with Gasteiger partial charge in [0.2, 0.25) is 11.8 Å². The number of nitrogens with zero attached hydrogens (tertiary/aromatic N) is 4. The van der Waals surface area contributed by atoms with E-state index >= 15 is 0 Å². The van der Waals surface area contributed by atoms with Crippen molar-refractivity contribution in [3.63, 3.8) is 0 Å². The summed E-state index contributed by atoms with van der Waals surface area (Å²) in [5.41, 5.74) is 4.56. The van der Waals surface area contributed by atoms with Gasteiger partial charge in [0.25, 0.3) is 0 Å². The van der Waals surface area contributed by atoms with Crippen molar-refractivity contribution in [2.75, 3.05) is 13.1 Å². The first-order valence-electron chi connectivity index (χ1n) is 20.6. The molecule has 0 aliphatic carbocycles. The van der Waals surface area contributed by atoms with Crippen LogP contribution in [0.1, 0.15) is 76.2 Å². The molecule has 0 saturated carbocycles. The molecule has 4 aromatic rings. The Bertz CT molecular complexity index is 2100. The second-order valence-electron chi connectivity index (χ2n) is 18.1. The minimum Gasteiger partial charge on any atom is -0.465 e. The minimum absolute atomic E-state index is 0.0411. The molecule has 1 aliphatic rings. The highest BCUT2D eigenvalue weighted by atomic mass is 16.4. The van der Waals surface area contributed by atoms with Crippen LogP contribution in [-0.2, 0) is 29.0 Å². The van der Waals surface area contributed by atoms with Crippen LogP contribution < -0.4 is 16.0 Å². The van der Waals surface area contributed by atoms with E-state index in [1.165, 1.54) is 0 Å². The van der Waals surface area contributed by atoms with Gasteiger partial charge in [0.1, 0.15) is 12.1 Å². The molecular formula is C47H61N7O6. The van der Waals surface area contributed by atoms with Crippen LogP contribution >= 0.6 is 0 Å². The predicted molar refractivity (Wildman–Crippen MR) is 232 cm³/mol. The normalized spacial score (nSPS) is 15.8. The molecule has 0 unspecified atom stereocenters. The first kappa shape index (κ1) is 45.3. The molecule has 60 heavy (non-hydrogen) atoms. The van der Waals surface area contributed by atoms with Crippen LogP contribution in [0.4, 0.5) is 9.59 Å². The third kappa shape index (κ3) is 12.4. The molecule has 3 heterocycles. The van der Waals surface area contributed by atoms with E-state index < -0.39 is 53.1 Å². The SMILES string of the molecule is Cc1cccc(CN2CCN([C@H](C(=O)N[C@@H](Cc3ccccc3)C[C@@H](O)[C@H](Cc3ccc(-c4cccc(C)n4)cc3)NC(=O)[C@@H](NC(=O)O)C(C)(C)C)C(C)(C)C)C2=O)n1. The fraction of sp³-hybridized carbons (Fsp3) is 0.447. The van der Waals surface area contributed by atoms with Gasteiger partial charge < -0.3 is 36.0 Å². The van der Waals surface area contributed by atoms with Gasteiger partial charge in [-0.1, -0.05) is 108 Å². The molecule has 1 saturated heterocycles. The van der Waals surface area contributed by atoms with Crippen LogP contribution in [0.25, 0.3) is 11.3 Å². The molecule has 2 aromatic heterocycles. The molecule has 5 rings (SSSR count). The van der Waals surface area contributed by atoms with E-state index in [-0.39, 0.29) is 24.8 Å². The summed E-state index contributed by atoms with van der Waals surface area (Å²) in [4.78, 5) is 66.8. The number of aliphatic hydroxyl groups is 1. The summed E-state index contributed by atoms with van der Waals surface area (Å²) < 4.78 is 0. The zero-order valence-electron chi connectivity index (χ0n) is 36.1. The summed E-state index contributed by atoms with van der Waals surface area (Å²) in [5, 5.41) is 30.3. The molecular weight excluding hydrogens is 759 g/mol. The molecule has 1 aliphatic heterocycles. The quantitative estimate of drug-likeness (QED) is 0.0875. The number of hydrogen-bond acceptors (Lipinski definition) is 7. The second kappa shape index (κ2) is 19.5. The van der Waals surface area contributed by atoms with Crippen molar-refractivity contribution in [3.05, 3.63) is 119 Å². The molecule has 0 spiro atoms. The molecule has 13 nitrogen and oxygen atoms in total. The van der Waals surface area contributed by atoms with Crippen LogP contribution in [-0.4, -0.2) is 97.3 Å². The van der Waals surface area contributed by atoms with Crippen molar-refractivity contribution in [2.24, 2.45) is 10.8 Å². The third-order valence-electron chi connectivity index (χ3n) is 10.8. The number of nitrogens with one attached hydrogen (secondary N) is 3. The fourth-order valence-corrected chi connectivity index (χ4v) is 7.82. The number of urea groups is 1. The zero-order valence-corrected chi connectivity index (χ0v) is 36.1. The van der Waals surface area contributed by atoms with E-state index in [0.717, 1.165) is 39.5 Å². The van der Waals surface area contributed by atoms with E-state index in [0.29, 0.717) is 26.1 Å². The maximum absolute atomic E-state index is 14.6. The Balaban J connectivity index is 1.42. The maximum atomic E-state index is 14.6. The van der Waals surface area contributed by atoms with Gasteiger partial charge in [-0.2, -0.15) is 0 Å². The molecule has 5 N–H and O–H groups in total. The van der Waals surface area contributed by atoms with Gasteiger partial charge in [0, 0.05) is 36.1 Å². The van der Waals surface area contributed by atoms with Gasteiger partial charge in [-0.25, -0.2) is 9.59 Å². The monoisotopic (exact) mass is 819 g/mol. The summed E-state index contributed by atoms with van der Waals surface area (Å²) in [6.07, 6.45) is -1.91. The highest BCUT2D eigenvalue weighted by Crippen LogP contribution is 2.29. The fourth-order valence-electron chi connectivity index (χ4n) is 7.82. The van der Waals surface area contributed by atoms with Crippen molar-refractivity contribution >= 4 is 23.9 Å². The Morgan fingerprint density at radius 3 is 1.95 bits per heavy atom. The largest absolute Gasteiger partial charge is 0.465 e. The van der Waals surface area contributed by atoms with Crippen molar-refractivity contribution in [1.82, 2.24) is 35.7 Å².